The highest BCUT2D eigenvalue weighted by Gasteiger charge is 2.14. The molecule has 0 aliphatic heterocycles. The number of aromatic nitrogens is 2. The van der Waals surface area contributed by atoms with Crippen molar-refractivity contribution < 1.29 is 14.2 Å². The van der Waals surface area contributed by atoms with Crippen LogP contribution in [0.3, 0.4) is 0 Å². The van der Waals surface area contributed by atoms with Crippen molar-refractivity contribution in [1.29, 1.82) is 0 Å². The van der Waals surface area contributed by atoms with Crippen molar-refractivity contribution in [3.05, 3.63) is 75.7 Å². The molecule has 162 valence electrons. The lowest BCUT2D eigenvalue weighted by Crippen LogP contribution is -2.12. The molecular weight excluding hydrogens is 396 g/mol. The van der Waals surface area contributed by atoms with Gasteiger partial charge >= 0.3 is 0 Å². The molecule has 0 unspecified atom stereocenters. The highest BCUT2D eigenvalue weighted by Crippen LogP contribution is 2.38. The van der Waals surface area contributed by atoms with Crippen LogP contribution in [0, 0.1) is 0 Å². The first-order chi connectivity index (χ1) is 15.0. The van der Waals surface area contributed by atoms with Gasteiger partial charge in [-0.15, -0.1) is 0 Å². The lowest BCUT2D eigenvalue weighted by Gasteiger charge is -2.15. The molecule has 8 heteroatoms. The van der Waals surface area contributed by atoms with Gasteiger partial charge in [-0.1, -0.05) is 44.2 Å². The molecule has 0 amide bonds. The Morgan fingerprint density at radius 1 is 1.10 bits per heavy atom. The van der Waals surface area contributed by atoms with Gasteiger partial charge in [-0.2, -0.15) is 5.10 Å². The average Bonchev–Trinajstić information content (AvgIpc) is 2.77. The number of rotatable bonds is 9. The quantitative estimate of drug-likeness (QED) is 0.400. The van der Waals surface area contributed by atoms with Crippen molar-refractivity contribution in [2.24, 2.45) is 5.10 Å². The normalized spacial score (nSPS) is 11.0. The maximum absolute atomic E-state index is 11.8. The van der Waals surface area contributed by atoms with Crippen LogP contribution in [-0.4, -0.2) is 30.4 Å². The van der Waals surface area contributed by atoms with Crippen LogP contribution in [0.4, 0.5) is 5.95 Å². The number of nitrogens with zero attached hydrogens (tertiary/aromatic N) is 2. The lowest BCUT2D eigenvalue weighted by molar-refractivity contribution is 0.266. The summed E-state index contributed by atoms with van der Waals surface area (Å²) in [6, 6.07) is 14.9. The van der Waals surface area contributed by atoms with E-state index in [1.54, 1.807) is 32.6 Å². The number of ether oxygens (including phenoxy) is 3. The van der Waals surface area contributed by atoms with E-state index in [0.717, 1.165) is 11.1 Å². The predicted octanol–water partition coefficient (Wildman–Crippen LogP) is 3.94. The number of anilines is 1. The van der Waals surface area contributed by atoms with Gasteiger partial charge in [-0.05, 0) is 23.6 Å². The summed E-state index contributed by atoms with van der Waals surface area (Å²) >= 11 is 0. The smallest absolute Gasteiger partial charge is 0.252 e. The topological polar surface area (TPSA) is 97.8 Å². The van der Waals surface area contributed by atoms with Crippen LogP contribution in [0.25, 0.3) is 0 Å². The summed E-state index contributed by atoms with van der Waals surface area (Å²) in [5.41, 5.74) is 4.96. The Balaban J connectivity index is 1.78. The second kappa shape index (κ2) is 10.3. The zero-order chi connectivity index (χ0) is 22.2. The van der Waals surface area contributed by atoms with E-state index in [0.29, 0.717) is 29.5 Å². The van der Waals surface area contributed by atoms with Gasteiger partial charge in [0.2, 0.25) is 11.7 Å². The van der Waals surface area contributed by atoms with E-state index in [4.69, 9.17) is 14.2 Å². The fraction of sp³-hybridized carbons (Fsp3) is 0.261. The third kappa shape index (κ3) is 5.85. The minimum Gasteiger partial charge on any atom is -0.493 e. The number of H-pyrrole nitrogens is 1. The summed E-state index contributed by atoms with van der Waals surface area (Å²) in [5, 5.41) is 4.17. The van der Waals surface area contributed by atoms with Crippen LogP contribution in [0.2, 0.25) is 0 Å². The van der Waals surface area contributed by atoms with Crippen molar-refractivity contribution in [2.45, 2.75) is 26.4 Å². The van der Waals surface area contributed by atoms with Crippen molar-refractivity contribution >= 4 is 12.2 Å². The van der Waals surface area contributed by atoms with E-state index in [9.17, 15) is 4.79 Å². The molecule has 0 spiro atoms. The molecule has 1 aromatic heterocycles. The predicted molar refractivity (Wildman–Crippen MR) is 120 cm³/mol. The van der Waals surface area contributed by atoms with Gasteiger partial charge in [0, 0.05) is 11.6 Å². The number of aromatic amines is 1. The lowest BCUT2D eigenvalue weighted by atomic mass is 10.1. The first-order valence-electron chi connectivity index (χ1n) is 9.83. The number of benzene rings is 2. The molecule has 31 heavy (non-hydrogen) atoms. The van der Waals surface area contributed by atoms with Crippen LogP contribution in [-0.2, 0) is 6.61 Å². The van der Waals surface area contributed by atoms with Gasteiger partial charge in [0.05, 0.1) is 26.1 Å². The number of nitrogens with one attached hydrogen (secondary N) is 2. The third-order valence-electron chi connectivity index (χ3n) is 4.45. The summed E-state index contributed by atoms with van der Waals surface area (Å²) in [4.78, 5) is 18.7. The summed E-state index contributed by atoms with van der Waals surface area (Å²) < 4.78 is 16.9. The second-order valence-corrected chi connectivity index (χ2v) is 7.07. The van der Waals surface area contributed by atoms with Crippen LogP contribution in [0.1, 0.15) is 36.6 Å². The first kappa shape index (κ1) is 21.9. The van der Waals surface area contributed by atoms with Crippen LogP contribution >= 0.6 is 0 Å². The van der Waals surface area contributed by atoms with E-state index in [1.807, 2.05) is 44.2 Å². The third-order valence-corrected chi connectivity index (χ3v) is 4.45. The molecule has 0 atom stereocenters. The van der Waals surface area contributed by atoms with Crippen molar-refractivity contribution in [2.75, 3.05) is 19.6 Å². The Morgan fingerprint density at radius 3 is 2.39 bits per heavy atom. The van der Waals surface area contributed by atoms with Gasteiger partial charge in [0.15, 0.2) is 11.5 Å². The van der Waals surface area contributed by atoms with E-state index in [1.165, 1.54) is 6.07 Å². The first-order valence-corrected chi connectivity index (χ1v) is 9.83. The van der Waals surface area contributed by atoms with Gasteiger partial charge in [-0.3, -0.25) is 9.78 Å². The molecule has 2 N–H and O–H groups in total. The fourth-order valence-electron chi connectivity index (χ4n) is 2.84. The number of hydrogen-bond donors (Lipinski definition) is 2. The summed E-state index contributed by atoms with van der Waals surface area (Å²) in [5.74, 6) is 1.95. The minimum absolute atomic E-state index is 0.129. The zero-order valence-electron chi connectivity index (χ0n) is 18.0. The van der Waals surface area contributed by atoms with Gasteiger partial charge < -0.3 is 14.2 Å². The van der Waals surface area contributed by atoms with E-state index >= 15 is 0 Å². The molecule has 3 aromatic rings. The van der Waals surface area contributed by atoms with Crippen LogP contribution in [0.5, 0.6) is 17.2 Å². The van der Waals surface area contributed by atoms with Crippen LogP contribution < -0.4 is 25.2 Å². The fourth-order valence-corrected chi connectivity index (χ4v) is 2.84. The maximum Gasteiger partial charge on any atom is 0.252 e. The second-order valence-electron chi connectivity index (χ2n) is 7.07. The standard InChI is InChI=1S/C23H26N4O4/c1-15(2)18-12-21(28)26-23(25-18)27-24-13-17-10-19(29-3)22(20(11-17)30-4)31-14-16-8-6-5-7-9-16/h5-13,15H,14H2,1-4H3,(H2,25,26,27,28)/b24-13-. The van der Waals surface area contributed by atoms with Gasteiger partial charge in [-0.25, -0.2) is 10.4 Å². The number of hydrazone groups is 1. The maximum atomic E-state index is 11.8. The molecule has 0 aliphatic rings. The highest BCUT2D eigenvalue weighted by molar-refractivity contribution is 5.82. The summed E-state index contributed by atoms with van der Waals surface area (Å²) in [6.07, 6.45) is 1.58. The Kier molecular flexibility index (Phi) is 7.26. The minimum atomic E-state index is -0.236. The van der Waals surface area contributed by atoms with Gasteiger partial charge in [0.25, 0.3) is 5.56 Å². The Bertz CT molecular complexity index is 1070. The number of hydrogen-bond acceptors (Lipinski definition) is 7. The molecule has 3 rings (SSSR count). The Morgan fingerprint density at radius 2 is 1.77 bits per heavy atom. The molecule has 0 aliphatic carbocycles. The molecule has 2 aromatic carbocycles. The van der Waals surface area contributed by atoms with Crippen molar-refractivity contribution in [3.63, 3.8) is 0 Å². The zero-order valence-corrected chi connectivity index (χ0v) is 18.0. The van der Waals surface area contributed by atoms with E-state index in [-0.39, 0.29) is 17.4 Å². The van der Waals surface area contributed by atoms with E-state index < -0.39 is 0 Å². The SMILES string of the molecule is COc1cc(/C=N\Nc2nc(C(C)C)cc(=O)[nH]2)cc(OC)c1OCc1ccccc1. The highest BCUT2D eigenvalue weighted by atomic mass is 16.5. The largest absolute Gasteiger partial charge is 0.493 e. The Labute approximate surface area is 180 Å². The summed E-state index contributed by atoms with van der Waals surface area (Å²) in [7, 11) is 3.13. The molecule has 8 nitrogen and oxygen atoms in total. The summed E-state index contributed by atoms with van der Waals surface area (Å²) in [6.45, 7) is 4.32. The molecule has 0 saturated carbocycles. The van der Waals surface area contributed by atoms with Crippen LogP contribution in [0.15, 0.2) is 58.4 Å². The van der Waals surface area contributed by atoms with E-state index in [2.05, 4.69) is 20.5 Å². The molecule has 0 saturated heterocycles. The molecule has 0 radical (unpaired) electrons. The van der Waals surface area contributed by atoms with Crippen molar-refractivity contribution in [1.82, 2.24) is 9.97 Å². The average molecular weight is 422 g/mol. The Hall–Kier alpha value is -3.81. The molecule has 0 bridgehead atoms. The molecular formula is C23H26N4O4. The molecule has 1 heterocycles. The monoisotopic (exact) mass is 422 g/mol. The number of methoxy groups -OCH3 is 2. The van der Waals surface area contributed by atoms with Gasteiger partial charge in [0.1, 0.15) is 6.61 Å². The van der Waals surface area contributed by atoms with Crippen molar-refractivity contribution in [3.8, 4) is 17.2 Å². The molecule has 0 fully saturated rings.